The zero-order valence-electron chi connectivity index (χ0n) is 15.9. The summed E-state index contributed by atoms with van der Waals surface area (Å²) in [5.74, 6) is -1.82. The lowest BCUT2D eigenvalue weighted by atomic mass is 10.0. The van der Waals surface area contributed by atoms with Crippen LogP contribution in [0.25, 0.3) is 11.1 Å². The number of amides is 1. The van der Waals surface area contributed by atoms with Crippen LogP contribution in [0.3, 0.4) is 0 Å². The first-order valence-electron chi connectivity index (χ1n) is 8.91. The quantitative estimate of drug-likeness (QED) is 0.541. The van der Waals surface area contributed by atoms with Crippen molar-refractivity contribution < 1.29 is 23.9 Å². The van der Waals surface area contributed by atoms with Crippen molar-refractivity contribution in [3.8, 4) is 11.1 Å². The Hall–Kier alpha value is -3.23. The number of nitrogens with one attached hydrogen (secondary N) is 1. The maximum Gasteiger partial charge on any atom is 0.341 e. The van der Waals surface area contributed by atoms with Crippen molar-refractivity contribution >= 4 is 45.8 Å². The van der Waals surface area contributed by atoms with E-state index in [-0.39, 0.29) is 22.7 Å². The number of aromatic nitrogens is 1. The van der Waals surface area contributed by atoms with Gasteiger partial charge in [-0.1, -0.05) is 29.8 Å². The molecule has 1 N–H and O–H groups in total. The number of carbonyl (C=O) groups is 3. The lowest BCUT2D eigenvalue weighted by Crippen LogP contribution is -2.21. The van der Waals surface area contributed by atoms with Crippen LogP contribution >= 0.6 is 22.9 Å². The van der Waals surface area contributed by atoms with E-state index in [1.165, 1.54) is 24.5 Å². The molecule has 3 rings (SSSR count). The van der Waals surface area contributed by atoms with Gasteiger partial charge in [-0.3, -0.25) is 9.78 Å². The molecule has 154 valence electrons. The molecule has 0 unspecified atom stereocenters. The first kappa shape index (κ1) is 21.5. The van der Waals surface area contributed by atoms with Gasteiger partial charge < -0.3 is 14.8 Å². The summed E-state index contributed by atoms with van der Waals surface area (Å²) in [5.41, 5.74) is 1.67. The minimum atomic E-state index is -0.652. The van der Waals surface area contributed by atoms with Crippen molar-refractivity contribution in [3.05, 3.63) is 70.3 Å². The highest BCUT2D eigenvalue weighted by Gasteiger charge is 2.24. The molecule has 0 aliphatic heterocycles. The van der Waals surface area contributed by atoms with Gasteiger partial charge in [0, 0.05) is 33.9 Å². The lowest BCUT2D eigenvalue weighted by molar-refractivity contribution is -0.119. The second kappa shape index (κ2) is 10.00. The fourth-order valence-corrected chi connectivity index (χ4v) is 3.80. The summed E-state index contributed by atoms with van der Waals surface area (Å²) in [4.78, 5) is 40.7. The topological polar surface area (TPSA) is 94.6 Å². The highest BCUT2D eigenvalue weighted by atomic mass is 35.5. The zero-order valence-corrected chi connectivity index (χ0v) is 17.5. The number of ether oxygens (including phenoxy) is 2. The first-order valence-corrected chi connectivity index (χ1v) is 10.2. The van der Waals surface area contributed by atoms with Gasteiger partial charge in [0.15, 0.2) is 6.61 Å². The van der Waals surface area contributed by atoms with E-state index in [1.54, 1.807) is 36.6 Å². The Morgan fingerprint density at radius 2 is 1.77 bits per heavy atom. The van der Waals surface area contributed by atoms with Gasteiger partial charge in [-0.05, 0) is 25.1 Å². The van der Waals surface area contributed by atoms with Crippen LogP contribution in [0, 0.1) is 0 Å². The number of hydrogen-bond donors (Lipinski definition) is 1. The van der Waals surface area contributed by atoms with E-state index in [2.05, 4.69) is 10.3 Å². The van der Waals surface area contributed by atoms with E-state index in [4.69, 9.17) is 21.1 Å². The maximum absolute atomic E-state index is 12.6. The number of carbonyl (C=O) groups excluding carboxylic acids is 3. The fraction of sp³-hybridized carbons (Fsp3) is 0.143. The molecule has 9 heteroatoms. The summed E-state index contributed by atoms with van der Waals surface area (Å²) < 4.78 is 10.2. The monoisotopic (exact) mass is 444 g/mol. The van der Waals surface area contributed by atoms with Gasteiger partial charge >= 0.3 is 11.9 Å². The van der Waals surface area contributed by atoms with E-state index >= 15 is 0 Å². The lowest BCUT2D eigenvalue weighted by Gasteiger charge is -2.10. The van der Waals surface area contributed by atoms with Crippen molar-refractivity contribution in [3.63, 3.8) is 0 Å². The van der Waals surface area contributed by atoms with E-state index in [0.717, 1.165) is 11.3 Å². The van der Waals surface area contributed by atoms with Gasteiger partial charge in [-0.25, -0.2) is 9.59 Å². The third kappa shape index (κ3) is 5.03. The number of nitrogens with zero attached hydrogens (tertiary/aromatic N) is 1. The summed E-state index contributed by atoms with van der Waals surface area (Å²) in [6.07, 6.45) is 2.90. The van der Waals surface area contributed by atoms with Crippen molar-refractivity contribution in [2.75, 3.05) is 18.5 Å². The molecule has 0 saturated heterocycles. The minimum absolute atomic E-state index is 0.174. The SMILES string of the molecule is CCOC(=O)c1c(-c2ccccc2Cl)csc1NC(=O)COC(=O)c1ccncc1. The molecular formula is C21H17ClN2O5S. The molecule has 0 fully saturated rings. The summed E-state index contributed by atoms with van der Waals surface area (Å²) in [6.45, 7) is 1.35. The normalized spacial score (nSPS) is 10.3. The number of anilines is 1. The summed E-state index contributed by atoms with van der Waals surface area (Å²) >= 11 is 7.43. The van der Waals surface area contributed by atoms with Crippen molar-refractivity contribution in [1.82, 2.24) is 4.98 Å². The Labute approximate surface area is 181 Å². The van der Waals surface area contributed by atoms with Crippen LogP contribution in [0.5, 0.6) is 0 Å². The van der Waals surface area contributed by atoms with Crippen molar-refractivity contribution in [2.45, 2.75) is 6.92 Å². The second-order valence-electron chi connectivity index (χ2n) is 5.91. The van der Waals surface area contributed by atoms with Crippen LogP contribution < -0.4 is 5.32 Å². The largest absolute Gasteiger partial charge is 0.462 e. The van der Waals surface area contributed by atoms with Gasteiger partial charge in [-0.15, -0.1) is 11.3 Å². The number of rotatable bonds is 7. The molecule has 30 heavy (non-hydrogen) atoms. The Balaban J connectivity index is 1.78. The number of pyridine rings is 1. The molecule has 0 radical (unpaired) electrons. The third-order valence-electron chi connectivity index (χ3n) is 3.94. The van der Waals surface area contributed by atoms with Gasteiger partial charge in [0.1, 0.15) is 10.6 Å². The number of halogens is 1. The van der Waals surface area contributed by atoms with Crippen LogP contribution in [-0.4, -0.2) is 36.0 Å². The average Bonchev–Trinajstić information content (AvgIpc) is 3.16. The average molecular weight is 445 g/mol. The minimum Gasteiger partial charge on any atom is -0.462 e. The smallest absolute Gasteiger partial charge is 0.341 e. The molecule has 0 saturated carbocycles. The van der Waals surface area contributed by atoms with E-state index in [0.29, 0.717) is 16.1 Å². The molecule has 0 aliphatic carbocycles. The Kier molecular flexibility index (Phi) is 7.16. The molecule has 2 heterocycles. The molecule has 0 aliphatic rings. The van der Waals surface area contributed by atoms with E-state index in [9.17, 15) is 14.4 Å². The van der Waals surface area contributed by atoms with Crippen LogP contribution in [0.2, 0.25) is 5.02 Å². The fourth-order valence-electron chi connectivity index (χ4n) is 2.60. The maximum atomic E-state index is 12.6. The van der Waals surface area contributed by atoms with Gasteiger partial charge in [0.2, 0.25) is 0 Å². The molecule has 1 aromatic carbocycles. The van der Waals surface area contributed by atoms with Gasteiger partial charge in [-0.2, -0.15) is 0 Å². The summed E-state index contributed by atoms with van der Waals surface area (Å²) in [5, 5.41) is 5.08. The van der Waals surface area contributed by atoms with Crippen LogP contribution in [-0.2, 0) is 14.3 Å². The molecule has 0 spiro atoms. The van der Waals surface area contributed by atoms with Crippen molar-refractivity contribution in [1.29, 1.82) is 0 Å². The highest BCUT2D eigenvalue weighted by molar-refractivity contribution is 7.15. The molecule has 0 atom stereocenters. The second-order valence-corrected chi connectivity index (χ2v) is 7.20. The molecular weight excluding hydrogens is 428 g/mol. The summed E-state index contributed by atoms with van der Waals surface area (Å²) in [7, 11) is 0. The Morgan fingerprint density at radius 3 is 2.47 bits per heavy atom. The molecule has 7 nitrogen and oxygen atoms in total. The number of esters is 2. The van der Waals surface area contributed by atoms with Gasteiger partial charge in [0.25, 0.3) is 5.91 Å². The van der Waals surface area contributed by atoms with E-state index < -0.39 is 24.5 Å². The number of hydrogen-bond acceptors (Lipinski definition) is 7. The standard InChI is InChI=1S/C21H17ClN2O5S/c1-2-28-21(27)18-15(14-5-3-4-6-16(14)22)12-30-19(18)24-17(25)11-29-20(26)13-7-9-23-10-8-13/h3-10,12H,2,11H2,1H3,(H,24,25). The van der Waals surface area contributed by atoms with Crippen molar-refractivity contribution in [2.24, 2.45) is 0 Å². The van der Waals surface area contributed by atoms with Gasteiger partial charge in [0.05, 0.1) is 12.2 Å². The number of benzene rings is 1. The molecule has 3 aromatic rings. The molecule has 2 aromatic heterocycles. The third-order valence-corrected chi connectivity index (χ3v) is 5.16. The summed E-state index contributed by atoms with van der Waals surface area (Å²) in [6, 6.07) is 10.0. The van der Waals surface area contributed by atoms with Crippen LogP contribution in [0.15, 0.2) is 54.2 Å². The van der Waals surface area contributed by atoms with Crippen LogP contribution in [0.1, 0.15) is 27.6 Å². The van der Waals surface area contributed by atoms with Crippen LogP contribution in [0.4, 0.5) is 5.00 Å². The Morgan fingerprint density at radius 1 is 1.03 bits per heavy atom. The zero-order chi connectivity index (χ0) is 21.5. The highest BCUT2D eigenvalue weighted by Crippen LogP contribution is 2.39. The van der Waals surface area contributed by atoms with E-state index in [1.807, 2.05) is 0 Å². The predicted octanol–water partition coefficient (Wildman–Crippen LogP) is 4.44. The number of thiophene rings is 1. The molecule has 1 amide bonds. The first-order chi connectivity index (χ1) is 14.5. The predicted molar refractivity (Wildman–Crippen MR) is 114 cm³/mol. The molecule has 0 bridgehead atoms. The Bertz CT molecular complexity index is 1070.